The van der Waals surface area contributed by atoms with E-state index in [0.29, 0.717) is 39.0 Å². The van der Waals surface area contributed by atoms with Crippen molar-refractivity contribution in [2.45, 2.75) is 26.7 Å². The second-order valence-electron chi connectivity index (χ2n) is 5.91. The molecule has 132 valence electrons. The van der Waals surface area contributed by atoms with Gasteiger partial charge in [0.2, 0.25) is 10.0 Å². The molecule has 1 rings (SSSR count). The van der Waals surface area contributed by atoms with E-state index < -0.39 is 16.0 Å². The van der Waals surface area contributed by atoms with Crippen LogP contribution >= 0.6 is 0 Å². The van der Waals surface area contributed by atoms with Crippen LogP contribution in [0.2, 0.25) is 0 Å². The Morgan fingerprint density at radius 1 is 1.30 bits per heavy atom. The number of ether oxygens (including phenoxy) is 1. The molecule has 23 heavy (non-hydrogen) atoms. The van der Waals surface area contributed by atoms with Crippen LogP contribution in [0.25, 0.3) is 0 Å². The Morgan fingerprint density at radius 2 is 1.87 bits per heavy atom. The van der Waals surface area contributed by atoms with Gasteiger partial charge in [-0.2, -0.15) is 0 Å². The highest BCUT2D eigenvalue weighted by molar-refractivity contribution is 7.88. The van der Waals surface area contributed by atoms with E-state index in [4.69, 9.17) is 4.74 Å². The van der Waals surface area contributed by atoms with Crippen molar-refractivity contribution in [3.05, 3.63) is 12.2 Å². The van der Waals surface area contributed by atoms with Gasteiger partial charge in [0.25, 0.3) is 5.91 Å². The van der Waals surface area contributed by atoms with Gasteiger partial charge in [0, 0.05) is 26.2 Å². The van der Waals surface area contributed by atoms with Gasteiger partial charge in [0.05, 0.1) is 12.2 Å². The molecule has 1 heterocycles. The van der Waals surface area contributed by atoms with E-state index >= 15 is 0 Å². The molecule has 1 amide bonds. The van der Waals surface area contributed by atoms with E-state index in [2.05, 4.69) is 6.58 Å². The SMILES string of the molecule is C=C(C)CN(CC)C(=O)COC(=O)C1CCN(S(C)(=O)=O)CC1. The molecule has 0 N–H and O–H groups in total. The first-order valence-corrected chi connectivity index (χ1v) is 9.53. The van der Waals surface area contributed by atoms with Gasteiger partial charge in [-0.25, -0.2) is 12.7 Å². The quantitative estimate of drug-likeness (QED) is 0.498. The number of rotatable bonds is 7. The van der Waals surface area contributed by atoms with Crippen LogP contribution in [0.5, 0.6) is 0 Å². The lowest BCUT2D eigenvalue weighted by atomic mass is 9.98. The molecule has 1 saturated heterocycles. The Kier molecular flexibility index (Phi) is 7.21. The minimum absolute atomic E-state index is 0.252. The molecule has 0 spiro atoms. The second-order valence-corrected chi connectivity index (χ2v) is 7.89. The molecule has 7 nitrogen and oxygen atoms in total. The lowest BCUT2D eigenvalue weighted by Gasteiger charge is -2.29. The maximum atomic E-state index is 12.0. The van der Waals surface area contributed by atoms with Crippen LogP contribution in [-0.2, 0) is 24.3 Å². The smallest absolute Gasteiger partial charge is 0.309 e. The van der Waals surface area contributed by atoms with Crippen LogP contribution in [0.4, 0.5) is 0 Å². The normalized spacial score (nSPS) is 16.8. The highest BCUT2D eigenvalue weighted by atomic mass is 32.2. The maximum absolute atomic E-state index is 12.0. The largest absolute Gasteiger partial charge is 0.455 e. The minimum Gasteiger partial charge on any atom is -0.455 e. The van der Waals surface area contributed by atoms with Crippen molar-refractivity contribution >= 4 is 21.9 Å². The Labute approximate surface area is 138 Å². The van der Waals surface area contributed by atoms with Crippen LogP contribution in [0, 0.1) is 5.92 Å². The molecule has 1 aliphatic heterocycles. The highest BCUT2D eigenvalue weighted by Crippen LogP contribution is 2.20. The number of amides is 1. The molecule has 0 aromatic rings. The predicted octanol–water partition coefficient (Wildman–Crippen LogP) is 0.626. The third-order valence-corrected chi connectivity index (χ3v) is 5.09. The third kappa shape index (κ3) is 6.31. The summed E-state index contributed by atoms with van der Waals surface area (Å²) in [6.45, 7) is 8.75. The summed E-state index contributed by atoms with van der Waals surface area (Å²) in [5, 5.41) is 0. The first kappa shape index (κ1) is 19.6. The molecule has 0 aliphatic carbocycles. The number of carbonyl (C=O) groups is 2. The van der Waals surface area contributed by atoms with E-state index in [9.17, 15) is 18.0 Å². The number of hydrogen-bond donors (Lipinski definition) is 0. The maximum Gasteiger partial charge on any atom is 0.309 e. The number of likely N-dealkylation sites (N-methyl/N-ethyl adjacent to an activating group) is 1. The molecule has 1 aliphatic rings. The molecule has 1 fully saturated rings. The van der Waals surface area contributed by atoms with Gasteiger partial charge >= 0.3 is 5.97 Å². The summed E-state index contributed by atoms with van der Waals surface area (Å²) in [5.74, 6) is -1.03. The summed E-state index contributed by atoms with van der Waals surface area (Å²) in [6.07, 6.45) is 2.00. The number of hydrogen-bond acceptors (Lipinski definition) is 5. The van der Waals surface area contributed by atoms with Crippen LogP contribution in [0.3, 0.4) is 0 Å². The molecular weight excluding hydrogens is 320 g/mol. The van der Waals surface area contributed by atoms with E-state index in [0.717, 1.165) is 11.8 Å². The lowest BCUT2D eigenvalue weighted by Crippen LogP contribution is -2.41. The number of piperidine rings is 1. The monoisotopic (exact) mass is 346 g/mol. The Balaban J connectivity index is 2.43. The number of sulfonamides is 1. The third-order valence-electron chi connectivity index (χ3n) is 3.79. The van der Waals surface area contributed by atoms with Crippen molar-refractivity contribution in [3.8, 4) is 0 Å². The summed E-state index contributed by atoms with van der Waals surface area (Å²) < 4.78 is 29.3. The summed E-state index contributed by atoms with van der Waals surface area (Å²) in [5.41, 5.74) is 0.861. The summed E-state index contributed by atoms with van der Waals surface area (Å²) >= 11 is 0. The standard InChI is InChI=1S/C15H26N2O5S/c1-5-16(10-12(2)3)14(18)11-22-15(19)13-6-8-17(9-7-13)23(4,20)21/h13H,2,5-11H2,1,3-4H3. The van der Waals surface area contributed by atoms with Crippen LogP contribution < -0.4 is 0 Å². The van der Waals surface area contributed by atoms with Crippen molar-refractivity contribution in [3.63, 3.8) is 0 Å². The fourth-order valence-corrected chi connectivity index (χ4v) is 3.34. The number of carbonyl (C=O) groups excluding carboxylic acids is 2. The van der Waals surface area contributed by atoms with Gasteiger partial charge in [-0.15, -0.1) is 0 Å². The summed E-state index contributed by atoms with van der Waals surface area (Å²) in [6, 6.07) is 0. The molecule has 0 radical (unpaired) electrons. The zero-order chi connectivity index (χ0) is 17.6. The van der Waals surface area contributed by atoms with Gasteiger partial charge < -0.3 is 9.64 Å². The molecule has 0 unspecified atom stereocenters. The van der Waals surface area contributed by atoms with E-state index in [1.165, 1.54) is 4.31 Å². The van der Waals surface area contributed by atoms with Crippen LogP contribution in [-0.4, -0.2) is 68.5 Å². The van der Waals surface area contributed by atoms with Gasteiger partial charge in [-0.3, -0.25) is 9.59 Å². The Hall–Kier alpha value is -1.41. The first-order chi connectivity index (χ1) is 10.6. The molecule has 0 saturated carbocycles. The predicted molar refractivity (Wildman–Crippen MR) is 87.2 cm³/mol. The van der Waals surface area contributed by atoms with E-state index in [-0.39, 0.29) is 18.4 Å². The van der Waals surface area contributed by atoms with Gasteiger partial charge in [-0.05, 0) is 26.7 Å². The second kappa shape index (κ2) is 8.44. The lowest BCUT2D eigenvalue weighted by molar-refractivity contribution is -0.156. The van der Waals surface area contributed by atoms with Crippen molar-refractivity contribution < 1.29 is 22.7 Å². The van der Waals surface area contributed by atoms with Crippen molar-refractivity contribution in [1.29, 1.82) is 0 Å². The van der Waals surface area contributed by atoms with Crippen molar-refractivity contribution in [2.75, 3.05) is 39.0 Å². The first-order valence-electron chi connectivity index (χ1n) is 7.69. The molecule has 0 bridgehead atoms. The summed E-state index contributed by atoms with van der Waals surface area (Å²) in [7, 11) is -3.21. The van der Waals surface area contributed by atoms with Crippen LogP contribution in [0.15, 0.2) is 12.2 Å². The zero-order valence-electron chi connectivity index (χ0n) is 14.1. The Bertz CT molecular complexity index is 550. The van der Waals surface area contributed by atoms with E-state index in [1.54, 1.807) is 4.90 Å². The van der Waals surface area contributed by atoms with Crippen molar-refractivity contribution in [2.24, 2.45) is 5.92 Å². The zero-order valence-corrected chi connectivity index (χ0v) is 14.9. The van der Waals surface area contributed by atoms with Gasteiger partial charge in [-0.1, -0.05) is 12.2 Å². The molecule has 8 heteroatoms. The number of esters is 1. The highest BCUT2D eigenvalue weighted by Gasteiger charge is 2.30. The fourth-order valence-electron chi connectivity index (χ4n) is 2.47. The summed E-state index contributed by atoms with van der Waals surface area (Å²) in [4.78, 5) is 25.6. The number of nitrogens with zero attached hydrogens (tertiary/aromatic N) is 2. The average molecular weight is 346 g/mol. The van der Waals surface area contributed by atoms with Crippen LogP contribution in [0.1, 0.15) is 26.7 Å². The molecule has 0 atom stereocenters. The topological polar surface area (TPSA) is 84.0 Å². The van der Waals surface area contributed by atoms with E-state index in [1.807, 2.05) is 13.8 Å². The molecule has 0 aromatic carbocycles. The fraction of sp³-hybridized carbons (Fsp3) is 0.733. The molecule has 0 aromatic heterocycles. The molecular formula is C15H26N2O5S. The van der Waals surface area contributed by atoms with Crippen molar-refractivity contribution in [1.82, 2.24) is 9.21 Å². The van der Waals surface area contributed by atoms with Gasteiger partial charge in [0.15, 0.2) is 6.61 Å². The average Bonchev–Trinajstić information content (AvgIpc) is 2.49. The Morgan fingerprint density at radius 3 is 2.30 bits per heavy atom. The minimum atomic E-state index is -3.21. The van der Waals surface area contributed by atoms with Gasteiger partial charge in [0.1, 0.15) is 0 Å².